The number of nitrogens with zero attached hydrogens (tertiary/aromatic N) is 2. The molecule has 1 aromatic rings. The second-order valence-corrected chi connectivity index (χ2v) is 5.36. The summed E-state index contributed by atoms with van der Waals surface area (Å²) >= 11 is 0. The molecule has 1 fully saturated rings. The molecule has 19 heavy (non-hydrogen) atoms. The summed E-state index contributed by atoms with van der Waals surface area (Å²) in [5.74, 6) is 0.0437. The highest BCUT2D eigenvalue weighted by Crippen LogP contribution is 2.16. The molecule has 5 nitrogen and oxygen atoms in total. The number of ether oxygens (including phenoxy) is 1. The summed E-state index contributed by atoms with van der Waals surface area (Å²) in [6.07, 6.45) is 2.68. The SMILES string of the molecule is Cc1nn(C)c(C)c1CC(=O)N[C@@H](C)[C@H]1CCCO1. The number of hydrogen-bond donors (Lipinski definition) is 1. The summed E-state index contributed by atoms with van der Waals surface area (Å²) in [6.45, 7) is 6.76. The van der Waals surface area contributed by atoms with Gasteiger partial charge in [-0.3, -0.25) is 9.48 Å². The lowest BCUT2D eigenvalue weighted by molar-refractivity contribution is -0.121. The van der Waals surface area contributed by atoms with Crippen molar-refractivity contribution >= 4 is 5.91 Å². The molecule has 5 heteroatoms. The van der Waals surface area contributed by atoms with E-state index in [0.717, 1.165) is 36.4 Å². The van der Waals surface area contributed by atoms with E-state index in [-0.39, 0.29) is 18.1 Å². The molecule has 106 valence electrons. The molecular formula is C14H23N3O2. The van der Waals surface area contributed by atoms with Crippen LogP contribution >= 0.6 is 0 Å². The molecule has 0 radical (unpaired) electrons. The number of rotatable bonds is 4. The zero-order valence-electron chi connectivity index (χ0n) is 12.2. The van der Waals surface area contributed by atoms with Crippen LogP contribution in [-0.2, 0) is 23.0 Å². The number of aryl methyl sites for hydroxylation is 2. The lowest BCUT2D eigenvalue weighted by Crippen LogP contribution is -2.41. The van der Waals surface area contributed by atoms with Crippen molar-refractivity contribution in [3.8, 4) is 0 Å². The number of nitrogens with one attached hydrogen (secondary N) is 1. The number of amides is 1. The molecule has 2 rings (SSSR count). The van der Waals surface area contributed by atoms with Crippen LogP contribution in [0.3, 0.4) is 0 Å². The largest absolute Gasteiger partial charge is 0.376 e. The molecule has 0 unspecified atom stereocenters. The molecule has 1 N–H and O–H groups in total. The lowest BCUT2D eigenvalue weighted by Gasteiger charge is -2.20. The van der Waals surface area contributed by atoms with Gasteiger partial charge in [0.2, 0.25) is 5.91 Å². The smallest absolute Gasteiger partial charge is 0.224 e. The molecule has 0 aromatic carbocycles. The van der Waals surface area contributed by atoms with E-state index in [1.54, 1.807) is 0 Å². The Bertz CT molecular complexity index is 462. The average Bonchev–Trinajstić information content (AvgIpc) is 2.94. The van der Waals surface area contributed by atoms with Crippen molar-refractivity contribution in [3.63, 3.8) is 0 Å². The van der Waals surface area contributed by atoms with Gasteiger partial charge in [0.25, 0.3) is 0 Å². The van der Waals surface area contributed by atoms with Gasteiger partial charge in [-0.1, -0.05) is 0 Å². The Morgan fingerprint density at radius 3 is 2.84 bits per heavy atom. The highest BCUT2D eigenvalue weighted by molar-refractivity contribution is 5.79. The van der Waals surface area contributed by atoms with Crippen LogP contribution in [0, 0.1) is 13.8 Å². The van der Waals surface area contributed by atoms with E-state index in [9.17, 15) is 4.79 Å². The van der Waals surface area contributed by atoms with E-state index < -0.39 is 0 Å². The number of hydrogen-bond acceptors (Lipinski definition) is 3. The minimum atomic E-state index is 0.0437. The third kappa shape index (κ3) is 3.15. The highest BCUT2D eigenvalue weighted by atomic mass is 16.5. The van der Waals surface area contributed by atoms with Crippen LogP contribution in [0.15, 0.2) is 0 Å². The highest BCUT2D eigenvalue weighted by Gasteiger charge is 2.24. The zero-order chi connectivity index (χ0) is 14.0. The predicted octanol–water partition coefficient (Wildman–Crippen LogP) is 1.26. The molecule has 1 saturated heterocycles. The first-order valence-electron chi connectivity index (χ1n) is 6.89. The van der Waals surface area contributed by atoms with Crippen LogP contribution in [-0.4, -0.2) is 34.4 Å². The second-order valence-electron chi connectivity index (χ2n) is 5.36. The monoisotopic (exact) mass is 265 g/mol. The quantitative estimate of drug-likeness (QED) is 0.891. The summed E-state index contributed by atoms with van der Waals surface area (Å²) < 4.78 is 7.41. The van der Waals surface area contributed by atoms with Gasteiger partial charge in [0.1, 0.15) is 0 Å². The molecule has 1 aromatic heterocycles. The molecule has 0 bridgehead atoms. The summed E-state index contributed by atoms with van der Waals surface area (Å²) in [7, 11) is 1.90. The maximum Gasteiger partial charge on any atom is 0.224 e. The van der Waals surface area contributed by atoms with Crippen molar-refractivity contribution in [1.82, 2.24) is 15.1 Å². The first-order chi connectivity index (χ1) is 8.99. The maximum atomic E-state index is 12.1. The Kier molecular flexibility index (Phi) is 4.24. The van der Waals surface area contributed by atoms with Crippen LogP contribution in [0.25, 0.3) is 0 Å². The van der Waals surface area contributed by atoms with Gasteiger partial charge in [-0.05, 0) is 33.6 Å². The molecule has 2 atom stereocenters. The van der Waals surface area contributed by atoms with E-state index in [4.69, 9.17) is 4.74 Å². The van der Waals surface area contributed by atoms with Gasteiger partial charge in [0.15, 0.2) is 0 Å². The van der Waals surface area contributed by atoms with Crippen LogP contribution in [0.2, 0.25) is 0 Å². The molecule has 2 heterocycles. The molecular weight excluding hydrogens is 242 g/mol. The Labute approximate surface area is 114 Å². The Morgan fingerprint density at radius 1 is 1.58 bits per heavy atom. The van der Waals surface area contributed by atoms with Crippen molar-refractivity contribution in [2.75, 3.05) is 6.61 Å². The van der Waals surface area contributed by atoms with Gasteiger partial charge in [-0.2, -0.15) is 5.10 Å². The minimum absolute atomic E-state index is 0.0437. The number of aromatic nitrogens is 2. The zero-order valence-corrected chi connectivity index (χ0v) is 12.2. The fourth-order valence-electron chi connectivity index (χ4n) is 2.63. The Balaban J connectivity index is 1.93. The molecule has 1 aliphatic heterocycles. The van der Waals surface area contributed by atoms with Gasteiger partial charge < -0.3 is 10.1 Å². The van der Waals surface area contributed by atoms with E-state index in [2.05, 4.69) is 10.4 Å². The predicted molar refractivity (Wildman–Crippen MR) is 73.0 cm³/mol. The van der Waals surface area contributed by atoms with Crippen LogP contribution in [0.1, 0.15) is 36.7 Å². The van der Waals surface area contributed by atoms with Crippen molar-refractivity contribution in [1.29, 1.82) is 0 Å². The van der Waals surface area contributed by atoms with E-state index in [1.165, 1.54) is 0 Å². The molecule has 0 spiro atoms. The summed E-state index contributed by atoms with van der Waals surface area (Å²) in [6, 6.07) is 0.0762. The van der Waals surface area contributed by atoms with Gasteiger partial charge in [0.05, 0.1) is 24.3 Å². The Morgan fingerprint density at radius 2 is 2.32 bits per heavy atom. The molecule has 1 aliphatic rings. The van der Waals surface area contributed by atoms with Gasteiger partial charge in [-0.25, -0.2) is 0 Å². The number of carbonyl (C=O) groups excluding carboxylic acids is 1. The van der Waals surface area contributed by atoms with Gasteiger partial charge in [-0.15, -0.1) is 0 Å². The third-order valence-electron chi connectivity index (χ3n) is 3.91. The fourth-order valence-corrected chi connectivity index (χ4v) is 2.63. The van der Waals surface area contributed by atoms with E-state index in [1.807, 2.05) is 32.5 Å². The molecule has 0 saturated carbocycles. The second kappa shape index (κ2) is 5.74. The Hall–Kier alpha value is -1.36. The maximum absolute atomic E-state index is 12.1. The van der Waals surface area contributed by atoms with Crippen molar-refractivity contribution in [3.05, 3.63) is 17.0 Å². The first kappa shape index (κ1) is 14.1. The van der Waals surface area contributed by atoms with Crippen LogP contribution in [0.5, 0.6) is 0 Å². The van der Waals surface area contributed by atoms with Crippen LogP contribution < -0.4 is 5.32 Å². The summed E-state index contributed by atoms with van der Waals surface area (Å²) in [4.78, 5) is 12.1. The fraction of sp³-hybridized carbons (Fsp3) is 0.714. The van der Waals surface area contributed by atoms with Crippen molar-refractivity contribution in [2.24, 2.45) is 7.05 Å². The molecule has 1 amide bonds. The summed E-state index contributed by atoms with van der Waals surface area (Å²) in [5.41, 5.74) is 3.01. The van der Waals surface area contributed by atoms with E-state index >= 15 is 0 Å². The van der Waals surface area contributed by atoms with Crippen molar-refractivity contribution in [2.45, 2.75) is 52.2 Å². The molecule has 0 aliphatic carbocycles. The average molecular weight is 265 g/mol. The first-order valence-corrected chi connectivity index (χ1v) is 6.89. The van der Waals surface area contributed by atoms with E-state index in [0.29, 0.717) is 6.42 Å². The lowest BCUT2D eigenvalue weighted by atomic mass is 10.1. The van der Waals surface area contributed by atoms with Gasteiger partial charge in [0, 0.05) is 24.9 Å². The number of carbonyl (C=O) groups is 1. The van der Waals surface area contributed by atoms with Crippen molar-refractivity contribution < 1.29 is 9.53 Å². The normalized spacial score (nSPS) is 20.5. The summed E-state index contributed by atoms with van der Waals surface area (Å²) in [5, 5.41) is 7.37. The topological polar surface area (TPSA) is 56.2 Å². The standard InChI is InChI=1S/C14H23N3O2/c1-9-12(11(3)17(4)16-9)8-14(18)15-10(2)13-6-5-7-19-13/h10,13H,5-8H2,1-4H3,(H,15,18)/t10-,13+/m0/s1. The van der Waals surface area contributed by atoms with Crippen LogP contribution in [0.4, 0.5) is 0 Å². The van der Waals surface area contributed by atoms with Gasteiger partial charge >= 0.3 is 0 Å². The minimum Gasteiger partial charge on any atom is -0.376 e. The third-order valence-corrected chi connectivity index (χ3v) is 3.91.